The van der Waals surface area contributed by atoms with Gasteiger partial charge in [0.2, 0.25) is 5.91 Å². The maximum absolute atomic E-state index is 11.4. The standard InChI is InChI=1S/C12H16ClNOS/c1-10(13)7-8-14-12(15)9-16-11-5-3-2-4-6-11/h2-6,10H,7-9H2,1H3,(H,14,15). The minimum absolute atomic E-state index is 0.0613. The topological polar surface area (TPSA) is 29.1 Å². The summed E-state index contributed by atoms with van der Waals surface area (Å²) in [5.74, 6) is 0.520. The van der Waals surface area contributed by atoms with E-state index < -0.39 is 0 Å². The number of halogens is 1. The van der Waals surface area contributed by atoms with Gasteiger partial charge < -0.3 is 5.32 Å². The van der Waals surface area contributed by atoms with E-state index in [1.807, 2.05) is 37.3 Å². The highest BCUT2D eigenvalue weighted by Crippen LogP contribution is 2.16. The van der Waals surface area contributed by atoms with Gasteiger partial charge >= 0.3 is 0 Å². The second-order valence-electron chi connectivity index (χ2n) is 3.52. The number of alkyl halides is 1. The van der Waals surface area contributed by atoms with E-state index in [1.165, 1.54) is 0 Å². The predicted molar refractivity (Wildman–Crippen MR) is 70.1 cm³/mol. The van der Waals surface area contributed by atoms with Gasteiger partial charge in [-0.15, -0.1) is 23.4 Å². The summed E-state index contributed by atoms with van der Waals surface area (Å²) >= 11 is 7.32. The van der Waals surface area contributed by atoms with Gasteiger partial charge in [-0.25, -0.2) is 0 Å². The Bertz CT molecular complexity index is 316. The Balaban J connectivity index is 2.16. The molecule has 16 heavy (non-hydrogen) atoms. The Morgan fingerprint density at radius 2 is 2.12 bits per heavy atom. The Morgan fingerprint density at radius 1 is 1.44 bits per heavy atom. The van der Waals surface area contributed by atoms with E-state index in [9.17, 15) is 4.79 Å². The molecule has 1 unspecified atom stereocenters. The molecule has 0 aromatic heterocycles. The number of nitrogens with one attached hydrogen (secondary N) is 1. The molecular formula is C12H16ClNOS. The van der Waals surface area contributed by atoms with Crippen molar-refractivity contribution in [3.05, 3.63) is 30.3 Å². The summed E-state index contributed by atoms with van der Waals surface area (Å²) in [6.07, 6.45) is 0.809. The van der Waals surface area contributed by atoms with Crippen LogP contribution in [0.4, 0.5) is 0 Å². The van der Waals surface area contributed by atoms with E-state index in [1.54, 1.807) is 11.8 Å². The monoisotopic (exact) mass is 257 g/mol. The van der Waals surface area contributed by atoms with Crippen LogP contribution in [0.15, 0.2) is 35.2 Å². The first-order valence-electron chi connectivity index (χ1n) is 5.27. The van der Waals surface area contributed by atoms with Crippen LogP contribution in [0, 0.1) is 0 Å². The maximum atomic E-state index is 11.4. The molecule has 0 bridgehead atoms. The highest BCUT2D eigenvalue weighted by Gasteiger charge is 2.02. The number of amides is 1. The summed E-state index contributed by atoms with van der Waals surface area (Å²) in [7, 11) is 0. The molecule has 1 amide bonds. The zero-order chi connectivity index (χ0) is 11.8. The second kappa shape index (κ2) is 7.58. The molecule has 0 fully saturated rings. The molecule has 1 rings (SSSR count). The largest absolute Gasteiger partial charge is 0.355 e. The Morgan fingerprint density at radius 3 is 2.75 bits per heavy atom. The lowest BCUT2D eigenvalue weighted by Gasteiger charge is -2.05. The van der Waals surface area contributed by atoms with Gasteiger partial charge in [0, 0.05) is 16.8 Å². The molecule has 1 aromatic rings. The third-order valence-electron chi connectivity index (χ3n) is 1.98. The first-order chi connectivity index (χ1) is 7.68. The maximum Gasteiger partial charge on any atom is 0.230 e. The van der Waals surface area contributed by atoms with Crippen LogP contribution in [0.3, 0.4) is 0 Å². The van der Waals surface area contributed by atoms with E-state index in [0.717, 1.165) is 11.3 Å². The molecule has 88 valence electrons. The SMILES string of the molecule is CC(Cl)CCNC(=O)CSc1ccccc1. The van der Waals surface area contributed by atoms with E-state index >= 15 is 0 Å². The summed E-state index contributed by atoms with van der Waals surface area (Å²) < 4.78 is 0. The summed E-state index contributed by atoms with van der Waals surface area (Å²) in [6, 6.07) is 9.90. The van der Waals surface area contributed by atoms with Gasteiger partial charge in [-0.05, 0) is 25.5 Å². The Kier molecular flexibility index (Phi) is 6.34. The molecule has 0 aliphatic heterocycles. The number of benzene rings is 1. The molecule has 0 heterocycles. The number of thioether (sulfide) groups is 1. The van der Waals surface area contributed by atoms with Crippen molar-refractivity contribution in [3.8, 4) is 0 Å². The lowest BCUT2D eigenvalue weighted by atomic mass is 10.3. The van der Waals surface area contributed by atoms with Gasteiger partial charge in [0.05, 0.1) is 5.75 Å². The minimum atomic E-state index is 0.0613. The van der Waals surface area contributed by atoms with Crippen molar-refractivity contribution in [2.75, 3.05) is 12.3 Å². The first-order valence-corrected chi connectivity index (χ1v) is 6.69. The molecule has 0 saturated carbocycles. The Labute approximate surface area is 106 Å². The average Bonchev–Trinajstić information content (AvgIpc) is 2.27. The van der Waals surface area contributed by atoms with Crippen molar-refractivity contribution in [1.82, 2.24) is 5.32 Å². The van der Waals surface area contributed by atoms with E-state index in [-0.39, 0.29) is 11.3 Å². The van der Waals surface area contributed by atoms with Crippen LogP contribution >= 0.6 is 23.4 Å². The lowest BCUT2D eigenvalue weighted by Crippen LogP contribution is -2.27. The third kappa shape index (κ3) is 6.03. The van der Waals surface area contributed by atoms with Crippen LogP contribution in [0.25, 0.3) is 0 Å². The fourth-order valence-electron chi connectivity index (χ4n) is 1.13. The molecule has 0 saturated heterocycles. The minimum Gasteiger partial charge on any atom is -0.355 e. The summed E-state index contributed by atoms with van der Waals surface area (Å²) in [4.78, 5) is 12.5. The van der Waals surface area contributed by atoms with Crippen LogP contribution in [-0.2, 0) is 4.79 Å². The van der Waals surface area contributed by atoms with Gasteiger partial charge in [-0.1, -0.05) is 18.2 Å². The molecule has 4 heteroatoms. The van der Waals surface area contributed by atoms with Crippen molar-refractivity contribution >= 4 is 29.3 Å². The molecule has 1 N–H and O–H groups in total. The van der Waals surface area contributed by atoms with Gasteiger partial charge in [-0.2, -0.15) is 0 Å². The number of rotatable bonds is 6. The van der Waals surface area contributed by atoms with Crippen LogP contribution in [0.1, 0.15) is 13.3 Å². The fourth-order valence-corrected chi connectivity index (χ4v) is 1.99. The fraction of sp³-hybridized carbons (Fsp3) is 0.417. The van der Waals surface area contributed by atoms with Gasteiger partial charge in [0.25, 0.3) is 0 Å². The predicted octanol–water partition coefficient (Wildman–Crippen LogP) is 2.91. The molecule has 0 radical (unpaired) electrons. The van der Waals surface area contributed by atoms with Gasteiger partial charge in [-0.3, -0.25) is 4.79 Å². The number of carbonyl (C=O) groups is 1. The molecule has 1 atom stereocenters. The van der Waals surface area contributed by atoms with E-state index in [2.05, 4.69) is 5.32 Å². The second-order valence-corrected chi connectivity index (χ2v) is 5.31. The zero-order valence-corrected chi connectivity index (χ0v) is 10.9. The van der Waals surface area contributed by atoms with Crippen molar-refractivity contribution in [2.45, 2.75) is 23.6 Å². The normalized spacial score (nSPS) is 12.1. The van der Waals surface area contributed by atoms with Crippen molar-refractivity contribution in [2.24, 2.45) is 0 Å². The lowest BCUT2D eigenvalue weighted by molar-refractivity contribution is -0.118. The van der Waals surface area contributed by atoms with Crippen LogP contribution in [0.2, 0.25) is 0 Å². The number of hydrogen-bond donors (Lipinski definition) is 1. The molecular weight excluding hydrogens is 242 g/mol. The Hall–Kier alpha value is -0.670. The third-order valence-corrected chi connectivity index (χ3v) is 3.21. The number of carbonyl (C=O) groups excluding carboxylic acids is 1. The van der Waals surface area contributed by atoms with Gasteiger partial charge in [0.15, 0.2) is 0 Å². The van der Waals surface area contributed by atoms with Crippen molar-refractivity contribution < 1.29 is 4.79 Å². The smallest absolute Gasteiger partial charge is 0.230 e. The highest BCUT2D eigenvalue weighted by atomic mass is 35.5. The van der Waals surface area contributed by atoms with Gasteiger partial charge in [0.1, 0.15) is 0 Å². The number of hydrogen-bond acceptors (Lipinski definition) is 2. The van der Waals surface area contributed by atoms with Crippen LogP contribution in [-0.4, -0.2) is 23.6 Å². The first kappa shape index (κ1) is 13.4. The zero-order valence-electron chi connectivity index (χ0n) is 9.28. The van der Waals surface area contributed by atoms with Crippen molar-refractivity contribution in [3.63, 3.8) is 0 Å². The highest BCUT2D eigenvalue weighted by molar-refractivity contribution is 8.00. The summed E-state index contributed by atoms with van der Waals surface area (Å²) in [6.45, 7) is 2.57. The molecule has 1 aromatic carbocycles. The average molecular weight is 258 g/mol. The van der Waals surface area contributed by atoms with Crippen molar-refractivity contribution in [1.29, 1.82) is 0 Å². The van der Waals surface area contributed by atoms with E-state index in [4.69, 9.17) is 11.6 Å². The molecule has 0 aliphatic carbocycles. The van der Waals surface area contributed by atoms with Crippen LogP contribution < -0.4 is 5.32 Å². The molecule has 0 aliphatic rings. The summed E-state index contributed by atoms with van der Waals surface area (Å²) in [5, 5.41) is 2.95. The van der Waals surface area contributed by atoms with E-state index in [0.29, 0.717) is 12.3 Å². The quantitative estimate of drug-likeness (QED) is 0.627. The summed E-state index contributed by atoms with van der Waals surface area (Å²) in [5.41, 5.74) is 0. The molecule has 2 nitrogen and oxygen atoms in total. The molecule has 0 spiro atoms. The van der Waals surface area contributed by atoms with Crippen LogP contribution in [0.5, 0.6) is 0 Å².